The minimum absolute atomic E-state index is 0.00459. The van der Waals surface area contributed by atoms with Crippen LogP contribution >= 0.6 is 0 Å². The van der Waals surface area contributed by atoms with Crippen molar-refractivity contribution in [3.8, 4) is 0 Å². The Bertz CT molecular complexity index is 919. The van der Waals surface area contributed by atoms with Gasteiger partial charge >= 0.3 is 5.69 Å². The van der Waals surface area contributed by atoms with Crippen LogP contribution in [0.25, 0.3) is 0 Å². The molecule has 0 aliphatic carbocycles. The average molecular weight is 391 g/mol. The summed E-state index contributed by atoms with van der Waals surface area (Å²) in [6, 6.07) is 7.77. The van der Waals surface area contributed by atoms with E-state index in [1.807, 2.05) is 4.90 Å². The van der Waals surface area contributed by atoms with Crippen molar-refractivity contribution >= 4 is 11.5 Å². The number of nitrogens with zero attached hydrogens (tertiary/aromatic N) is 4. The minimum atomic E-state index is -0.433. The normalized spacial score (nSPS) is 11.0. The van der Waals surface area contributed by atoms with Gasteiger partial charge in [-0.1, -0.05) is 12.1 Å². The summed E-state index contributed by atoms with van der Waals surface area (Å²) in [7, 11) is 3.01. The van der Waals surface area contributed by atoms with Gasteiger partial charge in [-0.3, -0.25) is 28.9 Å². The van der Waals surface area contributed by atoms with Crippen LogP contribution in [0.2, 0.25) is 0 Å². The maximum absolute atomic E-state index is 11.9. The Morgan fingerprint density at radius 3 is 2.39 bits per heavy atom. The fourth-order valence-electron chi connectivity index (χ4n) is 2.79. The molecule has 152 valence electrons. The number of nitrogens with one attached hydrogen (secondary N) is 1. The molecule has 2 N–H and O–H groups in total. The predicted molar refractivity (Wildman–Crippen MR) is 106 cm³/mol. The minimum Gasteiger partial charge on any atom is -0.395 e. The second kappa shape index (κ2) is 9.81. The molecule has 0 radical (unpaired) electrons. The second-order valence-electron chi connectivity index (χ2n) is 6.43. The first-order valence-electron chi connectivity index (χ1n) is 8.91. The van der Waals surface area contributed by atoms with Crippen molar-refractivity contribution in [3.05, 3.63) is 66.8 Å². The molecule has 28 heavy (non-hydrogen) atoms. The first-order chi connectivity index (χ1) is 13.3. The van der Waals surface area contributed by atoms with Crippen LogP contribution in [-0.4, -0.2) is 56.8 Å². The molecule has 0 aliphatic rings. The summed E-state index contributed by atoms with van der Waals surface area (Å²) in [4.78, 5) is 36.0. The number of nitro groups is 1. The zero-order valence-corrected chi connectivity index (χ0v) is 16.0. The largest absolute Gasteiger partial charge is 0.395 e. The molecule has 2 aromatic rings. The Kier molecular flexibility index (Phi) is 7.47. The van der Waals surface area contributed by atoms with Gasteiger partial charge in [-0.05, 0) is 12.0 Å². The Morgan fingerprint density at radius 2 is 1.79 bits per heavy atom. The fourth-order valence-corrected chi connectivity index (χ4v) is 2.79. The van der Waals surface area contributed by atoms with Crippen LogP contribution in [0.1, 0.15) is 5.56 Å². The molecule has 1 heterocycles. The quantitative estimate of drug-likeness (QED) is 0.430. The fraction of sp³-hybridized carbons (Fsp3) is 0.444. The highest BCUT2D eigenvalue weighted by atomic mass is 16.6. The number of benzene rings is 1. The smallest absolute Gasteiger partial charge is 0.332 e. The lowest BCUT2D eigenvalue weighted by molar-refractivity contribution is -0.384. The van der Waals surface area contributed by atoms with Gasteiger partial charge in [-0.2, -0.15) is 0 Å². The molecule has 0 saturated carbocycles. The van der Waals surface area contributed by atoms with E-state index in [0.717, 1.165) is 10.1 Å². The van der Waals surface area contributed by atoms with Crippen molar-refractivity contribution in [1.82, 2.24) is 14.0 Å². The molecule has 10 nitrogen and oxygen atoms in total. The third-order valence-electron chi connectivity index (χ3n) is 4.54. The van der Waals surface area contributed by atoms with Gasteiger partial charge in [0, 0.05) is 58.5 Å². The molecule has 1 aromatic carbocycles. The summed E-state index contributed by atoms with van der Waals surface area (Å²) in [5.74, 6) is 0.437. The number of aromatic nitrogens is 2. The topological polar surface area (TPSA) is 123 Å². The number of anilines is 1. The van der Waals surface area contributed by atoms with E-state index in [9.17, 15) is 24.8 Å². The molecule has 10 heteroatoms. The van der Waals surface area contributed by atoms with Crippen molar-refractivity contribution in [1.29, 1.82) is 0 Å². The monoisotopic (exact) mass is 391 g/mol. The Morgan fingerprint density at radius 1 is 1.11 bits per heavy atom. The number of hydrogen-bond donors (Lipinski definition) is 2. The third-order valence-corrected chi connectivity index (χ3v) is 4.54. The number of non-ortho nitro benzene ring substituents is 1. The van der Waals surface area contributed by atoms with Crippen LogP contribution in [0.4, 0.5) is 11.5 Å². The molecule has 0 unspecified atom stereocenters. The van der Waals surface area contributed by atoms with Crippen LogP contribution in [0.5, 0.6) is 0 Å². The Hall–Kier alpha value is -2.98. The molecular weight excluding hydrogens is 366 g/mol. The molecule has 0 saturated heterocycles. The van der Waals surface area contributed by atoms with Gasteiger partial charge in [0.1, 0.15) is 5.82 Å². The highest BCUT2D eigenvalue weighted by Gasteiger charge is 2.09. The molecule has 0 aliphatic heterocycles. The summed E-state index contributed by atoms with van der Waals surface area (Å²) in [6.07, 6.45) is 0.683. The first kappa shape index (κ1) is 21.3. The van der Waals surface area contributed by atoms with E-state index in [0.29, 0.717) is 38.4 Å². The summed E-state index contributed by atoms with van der Waals surface area (Å²) >= 11 is 0. The first-order valence-corrected chi connectivity index (χ1v) is 8.91. The standard InChI is InChI=1S/C18H25N5O5/c1-20-16(13-17(25)21(2)18(20)26)19-8-10-22(11-12-24)9-7-14-3-5-15(6-4-14)23(27)28/h3-6,13,19,24H,7-12H2,1-2H3. The number of hydrogen-bond acceptors (Lipinski definition) is 7. The van der Waals surface area contributed by atoms with Gasteiger partial charge in [0.25, 0.3) is 11.2 Å². The number of aliphatic hydroxyl groups excluding tert-OH is 1. The van der Waals surface area contributed by atoms with Crippen molar-refractivity contribution in [3.63, 3.8) is 0 Å². The second-order valence-corrected chi connectivity index (χ2v) is 6.43. The van der Waals surface area contributed by atoms with Crippen LogP contribution in [-0.2, 0) is 20.5 Å². The Labute approximate surface area is 161 Å². The lowest BCUT2D eigenvalue weighted by atomic mass is 10.1. The summed E-state index contributed by atoms with van der Waals surface area (Å²) in [5, 5.41) is 23.1. The molecule has 0 atom stereocenters. The van der Waals surface area contributed by atoms with Gasteiger partial charge in [-0.15, -0.1) is 0 Å². The highest BCUT2D eigenvalue weighted by Crippen LogP contribution is 2.12. The van der Waals surface area contributed by atoms with Crippen molar-refractivity contribution in [2.45, 2.75) is 6.42 Å². The average Bonchev–Trinajstić information content (AvgIpc) is 2.68. The SMILES string of the molecule is Cn1c(NCCN(CCO)CCc2ccc([N+](=O)[O-])cc2)cc(=O)n(C)c1=O. The van der Waals surface area contributed by atoms with Crippen molar-refractivity contribution in [2.24, 2.45) is 14.1 Å². The molecule has 2 rings (SSSR count). The third kappa shape index (κ3) is 5.51. The van der Waals surface area contributed by atoms with Crippen molar-refractivity contribution in [2.75, 3.05) is 38.1 Å². The summed E-state index contributed by atoms with van der Waals surface area (Å²) in [6.45, 7) is 2.22. The van der Waals surface area contributed by atoms with Crippen LogP contribution in [0.3, 0.4) is 0 Å². The van der Waals surface area contributed by atoms with Crippen LogP contribution in [0.15, 0.2) is 39.9 Å². The van der Waals surface area contributed by atoms with Gasteiger partial charge in [-0.25, -0.2) is 4.79 Å². The maximum Gasteiger partial charge on any atom is 0.332 e. The highest BCUT2D eigenvalue weighted by molar-refractivity contribution is 5.34. The molecule has 0 spiro atoms. The van der Waals surface area contributed by atoms with Gasteiger partial charge in [0.05, 0.1) is 11.5 Å². The van der Waals surface area contributed by atoms with Gasteiger partial charge in [0.2, 0.25) is 0 Å². The number of rotatable bonds is 10. The van der Waals surface area contributed by atoms with E-state index < -0.39 is 10.6 Å². The molecule has 0 amide bonds. The molecule has 0 fully saturated rings. The van der Waals surface area contributed by atoms with E-state index in [1.165, 1.54) is 29.8 Å². The maximum atomic E-state index is 11.9. The zero-order valence-electron chi connectivity index (χ0n) is 16.0. The van der Waals surface area contributed by atoms with E-state index in [4.69, 9.17) is 0 Å². The van der Waals surface area contributed by atoms with Crippen LogP contribution < -0.4 is 16.6 Å². The summed E-state index contributed by atoms with van der Waals surface area (Å²) < 4.78 is 2.40. The van der Waals surface area contributed by atoms with Crippen molar-refractivity contribution < 1.29 is 10.0 Å². The zero-order chi connectivity index (χ0) is 20.7. The number of nitro benzene ring substituents is 1. The van der Waals surface area contributed by atoms with E-state index >= 15 is 0 Å². The van der Waals surface area contributed by atoms with E-state index in [1.54, 1.807) is 19.2 Å². The van der Waals surface area contributed by atoms with Gasteiger partial charge in [0.15, 0.2) is 0 Å². The van der Waals surface area contributed by atoms with Gasteiger partial charge < -0.3 is 10.4 Å². The molecular formula is C18H25N5O5. The van der Waals surface area contributed by atoms with Crippen LogP contribution in [0, 0.1) is 10.1 Å². The Balaban J connectivity index is 1.92. The lowest BCUT2D eigenvalue weighted by Crippen LogP contribution is -2.38. The lowest BCUT2D eigenvalue weighted by Gasteiger charge is -2.22. The molecule has 0 bridgehead atoms. The van der Waals surface area contributed by atoms with E-state index in [2.05, 4.69) is 5.32 Å². The predicted octanol–water partition coefficient (Wildman–Crippen LogP) is -0.0589. The number of aliphatic hydroxyl groups is 1. The van der Waals surface area contributed by atoms with E-state index in [-0.39, 0.29) is 17.9 Å². The molecule has 1 aromatic heterocycles. The summed E-state index contributed by atoms with van der Waals surface area (Å²) in [5.41, 5.74) is 0.242.